The molecule has 0 bridgehead atoms. The molecule has 0 aliphatic carbocycles. The van der Waals surface area contributed by atoms with Crippen LogP contribution in [0, 0.1) is 5.41 Å². The summed E-state index contributed by atoms with van der Waals surface area (Å²) in [5, 5.41) is 6.13. The van der Waals surface area contributed by atoms with E-state index in [-0.39, 0.29) is 5.91 Å². The molecule has 0 aromatic heterocycles. The average molecular weight is 402 g/mol. The Morgan fingerprint density at radius 3 is 2.46 bits per heavy atom. The first-order valence-electron chi connectivity index (χ1n) is 9.49. The number of hydrogen-bond acceptors (Lipinski definition) is 4. The number of nitrogens with one attached hydrogen (secondary N) is 3. The molecule has 1 aliphatic heterocycles. The van der Waals surface area contributed by atoms with Gasteiger partial charge in [-0.2, -0.15) is 0 Å². The highest BCUT2D eigenvalue weighted by Crippen LogP contribution is 2.26. The van der Waals surface area contributed by atoms with Crippen LogP contribution in [0.2, 0.25) is 0 Å². The van der Waals surface area contributed by atoms with Crippen LogP contribution >= 0.6 is 0 Å². The molecule has 2 aromatic rings. The first-order chi connectivity index (χ1) is 13.2. The number of carbonyl (C=O) groups excluding carboxylic acids is 1. The summed E-state index contributed by atoms with van der Waals surface area (Å²) in [4.78, 5) is 12.6. The first kappa shape index (κ1) is 20.4. The van der Waals surface area contributed by atoms with Crippen LogP contribution in [0.4, 0.5) is 11.4 Å². The van der Waals surface area contributed by atoms with E-state index in [1.54, 1.807) is 36.4 Å². The molecule has 3 N–H and O–H groups in total. The third-order valence-corrected chi connectivity index (χ3v) is 6.75. The number of rotatable bonds is 6. The lowest BCUT2D eigenvalue weighted by Crippen LogP contribution is -2.29. The van der Waals surface area contributed by atoms with E-state index in [4.69, 9.17) is 0 Å². The second kappa shape index (κ2) is 7.93. The van der Waals surface area contributed by atoms with Gasteiger partial charge >= 0.3 is 0 Å². The lowest BCUT2D eigenvalue weighted by molar-refractivity contribution is -0.124. The Morgan fingerprint density at radius 2 is 1.79 bits per heavy atom. The van der Waals surface area contributed by atoms with Crippen molar-refractivity contribution in [1.29, 1.82) is 0 Å². The van der Waals surface area contributed by atoms with Gasteiger partial charge in [-0.05, 0) is 60.8 Å². The molecule has 0 fully saturated rings. The molecule has 0 spiro atoms. The van der Waals surface area contributed by atoms with Gasteiger partial charge in [0.15, 0.2) is 0 Å². The number of fused-ring (bicyclic) bond motifs is 1. The zero-order chi connectivity index (χ0) is 20.4. The van der Waals surface area contributed by atoms with Crippen LogP contribution in [0.3, 0.4) is 0 Å². The standard InChI is InChI=1S/C21H27N3O3S/c1-4-21(2,3)20(25)23-16-8-10-17(11-9-16)24-28(26,27)19-7-5-6-15-14-22-13-12-18(15)19/h5-11,22,24H,4,12-14H2,1-3H3,(H,23,25). The minimum Gasteiger partial charge on any atom is -0.326 e. The Kier molecular flexibility index (Phi) is 5.76. The molecule has 0 saturated heterocycles. The van der Waals surface area contributed by atoms with Crippen molar-refractivity contribution in [2.45, 2.75) is 45.1 Å². The van der Waals surface area contributed by atoms with Gasteiger partial charge in [-0.3, -0.25) is 9.52 Å². The molecule has 0 radical (unpaired) electrons. The van der Waals surface area contributed by atoms with Gasteiger partial charge in [0.1, 0.15) is 0 Å². The van der Waals surface area contributed by atoms with Crippen molar-refractivity contribution in [2.24, 2.45) is 5.41 Å². The fourth-order valence-electron chi connectivity index (χ4n) is 3.04. The van der Waals surface area contributed by atoms with E-state index < -0.39 is 15.4 Å². The number of benzene rings is 2. The predicted octanol–water partition coefficient (Wildman–Crippen LogP) is 3.51. The second-order valence-corrected chi connectivity index (χ2v) is 9.35. The van der Waals surface area contributed by atoms with Gasteiger partial charge in [0.2, 0.25) is 5.91 Å². The molecule has 0 saturated carbocycles. The van der Waals surface area contributed by atoms with Gasteiger partial charge in [-0.1, -0.05) is 32.9 Å². The van der Waals surface area contributed by atoms with E-state index in [0.29, 0.717) is 29.2 Å². The van der Waals surface area contributed by atoms with E-state index in [2.05, 4.69) is 15.4 Å². The fraction of sp³-hybridized carbons (Fsp3) is 0.381. The molecular weight excluding hydrogens is 374 g/mol. The van der Waals surface area contributed by atoms with Crippen LogP contribution in [0.25, 0.3) is 0 Å². The summed E-state index contributed by atoms with van der Waals surface area (Å²) in [5.41, 5.74) is 2.53. The molecule has 7 heteroatoms. The summed E-state index contributed by atoms with van der Waals surface area (Å²) in [5.74, 6) is -0.0622. The molecule has 3 rings (SSSR count). The van der Waals surface area contributed by atoms with Crippen LogP contribution in [-0.2, 0) is 27.8 Å². The summed E-state index contributed by atoms with van der Waals surface area (Å²) in [6, 6.07) is 12.1. The van der Waals surface area contributed by atoms with Gasteiger partial charge in [-0.15, -0.1) is 0 Å². The topological polar surface area (TPSA) is 87.3 Å². The Morgan fingerprint density at radius 1 is 1.11 bits per heavy atom. The Bertz CT molecular complexity index is 967. The predicted molar refractivity (Wildman–Crippen MR) is 112 cm³/mol. The summed E-state index contributed by atoms with van der Waals surface area (Å²) in [7, 11) is -3.68. The highest BCUT2D eigenvalue weighted by atomic mass is 32.2. The zero-order valence-corrected chi connectivity index (χ0v) is 17.3. The monoisotopic (exact) mass is 401 g/mol. The van der Waals surface area contributed by atoms with E-state index in [9.17, 15) is 13.2 Å². The number of amides is 1. The highest BCUT2D eigenvalue weighted by molar-refractivity contribution is 7.92. The SMILES string of the molecule is CCC(C)(C)C(=O)Nc1ccc(NS(=O)(=O)c2cccc3c2CCNC3)cc1. The highest BCUT2D eigenvalue weighted by Gasteiger charge is 2.25. The Balaban J connectivity index is 1.76. The molecule has 0 atom stereocenters. The third kappa shape index (κ3) is 4.36. The Hall–Kier alpha value is -2.38. The molecule has 6 nitrogen and oxygen atoms in total. The smallest absolute Gasteiger partial charge is 0.262 e. The number of carbonyl (C=O) groups is 1. The maximum Gasteiger partial charge on any atom is 0.262 e. The zero-order valence-electron chi connectivity index (χ0n) is 16.5. The number of anilines is 2. The summed E-state index contributed by atoms with van der Waals surface area (Å²) < 4.78 is 28.5. The minimum atomic E-state index is -3.68. The summed E-state index contributed by atoms with van der Waals surface area (Å²) in [6.45, 7) is 7.20. The average Bonchev–Trinajstić information content (AvgIpc) is 2.68. The molecule has 1 aliphatic rings. The number of sulfonamides is 1. The van der Waals surface area contributed by atoms with Crippen molar-refractivity contribution in [3.8, 4) is 0 Å². The Labute approximate surface area is 166 Å². The van der Waals surface area contributed by atoms with Gasteiger partial charge < -0.3 is 10.6 Å². The normalized spacial score (nSPS) is 14.2. The quantitative estimate of drug-likeness (QED) is 0.691. The lowest BCUT2D eigenvalue weighted by atomic mass is 9.89. The first-order valence-corrected chi connectivity index (χ1v) is 11.0. The van der Waals surface area contributed by atoms with Crippen molar-refractivity contribution >= 4 is 27.3 Å². The molecule has 1 heterocycles. The van der Waals surface area contributed by atoms with Crippen molar-refractivity contribution < 1.29 is 13.2 Å². The molecule has 0 unspecified atom stereocenters. The van der Waals surface area contributed by atoms with Gasteiger partial charge in [-0.25, -0.2) is 8.42 Å². The molecule has 28 heavy (non-hydrogen) atoms. The van der Waals surface area contributed by atoms with Crippen molar-refractivity contribution in [3.05, 3.63) is 53.6 Å². The van der Waals surface area contributed by atoms with E-state index in [0.717, 1.165) is 24.1 Å². The van der Waals surface area contributed by atoms with E-state index >= 15 is 0 Å². The van der Waals surface area contributed by atoms with Gasteiger partial charge in [0.05, 0.1) is 4.90 Å². The largest absolute Gasteiger partial charge is 0.326 e. The van der Waals surface area contributed by atoms with Crippen LogP contribution in [0.15, 0.2) is 47.4 Å². The maximum atomic E-state index is 12.9. The van der Waals surface area contributed by atoms with Crippen LogP contribution in [0.5, 0.6) is 0 Å². The minimum absolute atomic E-state index is 0.0622. The third-order valence-electron chi connectivity index (χ3n) is 5.28. The van der Waals surface area contributed by atoms with E-state index in [1.165, 1.54) is 0 Å². The van der Waals surface area contributed by atoms with Crippen molar-refractivity contribution in [2.75, 3.05) is 16.6 Å². The second-order valence-electron chi connectivity index (χ2n) is 7.70. The van der Waals surface area contributed by atoms with Crippen LogP contribution in [0.1, 0.15) is 38.3 Å². The molecule has 1 amide bonds. The molecular formula is C21H27N3O3S. The van der Waals surface area contributed by atoms with Crippen molar-refractivity contribution in [3.63, 3.8) is 0 Å². The van der Waals surface area contributed by atoms with Gasteiger partial charge in [0, 0.05) is 23.3 Å². The fourth-order valence-corrected chi connectivity index (χ4v) is 4.41. The van der Waals surface area contributed by atoms with Crippen LogP contribution in [-0.4, -0.2) is 20.9 Å². The molecule has 2 aromatic carbocycles. The maximum absolute atomic E-state index is 12.9. The van der Waals surface area contributed by atoms with Gasteiger partial charge in [0.25, 0.3) is 10.0 Å². The molecule has 150 valence electrons. The summed E-state index contributed by atoms with van der Waals surface area (Å²) >= 11 is 0. The van der Waals surface area contributed by atoms with Crippen LogP contribution < -0.4 is 15.4 Å². The lowest BCUT2D eigenvalue weighted by Gasteiger charge is -2.22. The summed E-state index contributed by atoms with van der Waals surface area (Å²) in [6.07, 6.45) is 1.41. The van der Waals surface area contributed by atoms with Crippen molar-refractivity contribution in [1.82, 2.24) is 5.32 Å². The van der Waals surface area contributed by atoms with E-state index in [1.807, 2.05) is 26.8 Å². The number of hydrogen-bond donors (Lipinski definition) is 3.